The Morgan fingerprint density at radius 1 is 1.00 bits per heavy atom. The lowest BCUT2D eigenvalue weighted by Gasteiger charge is -2.41. The van der Waals surface area contributed by atoms with Gasteiger partial charge in [0.2, 0.25) is 0 Å². The number of hydrogen-bond donors (Lipinski definition) is 1. The van der Waals surface area contributed by atoms with Gasteiger partial charge in [-0.3, -0.25) is 0 Å². The van der Waals surface area contributed by atoms with Gasteiger partial charge in [-0.15, -0.1) is 0 Å². The number of hydrogen-bond acceptors (Lipinski definition) is 2. The van der Waals surface area contributed by atoms with Gasteiger partial charge in [-0.1, -0.05) is 32.6 Å². The van der Waals surface area contributed by atoms with Gasteiger partial charge in [0.25, 0.3) is 0 Å². The Hall–Kier alpha value is -0.0800. The van der Waals surface area contributed by atoms with Crippen molar-refractivity contribution in [3.05, 3.63) is 0 Å². The molecule has 1 N–H and O–H groups in total. The summed E-state index contributed by atoms with van der Waals surface area (Å²) in [5, 5.41) is 3.51. The second kappa shape index (κ2) is 6.02. The lowest BCUT2D eigenvalue weighted by molar-refractivity contribution is 0.0954. The maximum atomic E-state index is 3.51. The largest absolute Gasteiger partial charge is 0.316 e. The van der Waals surface area contributed by atoms with E-state index in [1.807, 2.05) is 0 Å². The van der Waals surface area contributed by atoms with Crippen LogP contribution in [0.2, 0.25) is 0 Å². The van der Waals surface area contributed by atoms with Crippen LogP contribution in [-0.2, 0) is 0 Å². The zero-order chi connectivity index (χ0) is 11.4. The van der Waals surface area contributed by atoms with Crippen molar-refractivity contribution in [1.29, 1.82) is 0 Å². The van der Waals surface area contributed by atoms with E-state index in [1.165, 1.54) is 58.0 Å². The van der Waals surface area contributed by atoms with Gasteiger partial charge in [0.15, 0.2) is 0 Å². The first-order chi connectivity index (χ1) is 7.79. The maximum Gasteiger partial charge on any atom is 0.0145 e. The second-order valence-electron chi connectivity index (χ2n) is 5.85. The Morgan fingerprint density at radius 3 is 2.31 bits per heavy atom. The van der Waals surface area contributed by atoms with Gasteiger partial charge >= 0.3 is 0 Å². The van der Waals surface area contributed by atoms with E-state index in [0.717, 1.165) is 18.0 Å². The van der Waals surface area contributed by atoms with Gasteiger partial charge < -0.3 is 10.2 Å². The Balaban J connectivity index is 1.90. The van der Waals surface area contributed by atoms with Crippen molar-refractivity contribution in [2.24, 2.45) is 5.92 Å². The molecule has 0 aromatic rings. The zero-order valence-corrected chi connectivity index (χ0v) is 11.0. The third-order valence-electron chi connectivity index (χ3n) is 4.66. The van der Waals surface area contributed by atoms with Crippen molar-refractivity contribution in [1.82, 2.24) is 10.2 Å². The van der Waals surface area contributed by atoms with Crippen molar-refractivity contribution in [3.63, 3.8) is 0 Å². The highest BCUT2D eigenvalue weighted by Gasteiger charge is 2.29. The van der Waals surface area contributed by atoms with Gasteiger partial charge in [0, 0.05) is 12.1 Å². The monoisotopic (exact) mass is 224 g/mol. The van der Waals surface area contributed by atoms with Gasteiger partial charge in [0.05, 0.1) is 0 Å². The highest BCUT2D eigenvalue weighted by molar-refractivity contribution is 4.85. The number of nitrogens with zero attached hydrogens (tertiary/aromatic N) is 1. The second-order valence-corrected chi connectivity index (χ2v) is 5.85. The first-order valence-corrected chi connectivity index (χ1v) is 7.21. The molecule has 0 radical (unpaired) electrons. The van der Waals surface area contributed by atoms with Crippen molar-refractivity contribution in [2.45, 2.75) is 64.0 Å². The summed E-state index contributed by atoms with van der Waals surface area (Å²) in [5.74, 6) is 0.821. The molecule has 2 heteroatoms. The van der Waals surface area contributed by atoms with E-state index >= 15 is 0 Å². The van der Waals surface area contributed by atoms with Crippen molar-refractivity contribution in [3.8, 4) is 0 Å². The summed E-state index contributed by atoms with van der Waals surface area (Å²) in [6.45, 7) is 4.83. The molecule has 2 unspecified atom stereocenters. The fourth-order valence-corrected chi connectivity index (χ4v) is 3.54. The Morgan fingerprint density at radius 2 is 1.69 bits per heavy atom. The molecule has 1 saturated heterocycles. The minimum atomic E-state index is 0.821. The molecule has 1 aliphatic carbocycles. The van der Waals surface area contributed by atoms with Crippen LogP contribution in [0.1, 0.15) is 51.9 Å². The van der Waals surface area contributed by atoms with E-state index in [9.17, 15) is 0 Å². The molecule has 94 valence electrons. The summed E-state index contributed by atoms with van der Waals surface area (Å²) in [4.78, 5) is 2.72. The number of piperidine rings is 1. The van der Waals surface area contributed by atoms with E-state index in [-0.39, 0.29) is 0 Å². The normalized spacial score (nSPS) is 33.9. The smallest absolute Gasteiger partial charge is 0.0145 e. The highest BCUT2D eigenvalue weighted by Crippen LogP contribution is 2.26. The quantitative estimate of drug-likeness (QED) is 0.725. The van der Waals surface area contributed by atoms with Crippen LogP contribution in [0.25, 0.3) is 0 Å². The molecule has 0 bridgehead atoms. The van der Waals surface area contributed by atoms with Gasteiger partial charge in [-0.2, -0.15) is 0 Å². The molecule has 0 aromatic carbocycles. The summed E-state index contributed by atoms with van der Waals surface area (Å²) in [6.07, 6.45) is 10.1. The van der Waals surface area contributed by atoms with Crippen molar-refractivity contribution >= 4 is 0 Å². The Kier molecular flexibility index (Phi) is 4.66. The van der Waals surface area contributed by atoms with Gasteiger partial charge in [-0.05, 0) is 45.3 Å². The van der Waals surface area contributed by atoms with Crippen LogP contribution in [0.15, 0.2) is 0 Å². The summed E-state index contributed by atoms with van der Waals surface area (Å²) < 4.78 is 0. The van der Waals surface area contributed by atoms with Gasteiger partial charge in [0.1, 0.15) is 0 Å². The lowest BCUT2D eigenvalue weighted by Crippen LogP contribution is -2.50. The molecule has 1 saturated carbocycles. The minimum absolute atomic E-state index is 0.821. The summed E-state index contributed by atoms with van der Waals surface area (Å²) >= 11 is 0. The number of rotatable bonds is 2. The SMILES string of the molecule is CC1CNCCC1N(C)C1CCCCCC1. The van der Waals surface area contributed by atoms with Gasteiger partial charge in [-0.25, -0.2) is 0 Å². The summed E-state index contributed by atoms with van der Waals surface area (Å²) in [6, 6.07) is 1.69. The molecule has 2 aliphatic rings. The molecule has 1 heterocycles. The molecule has 2 nitrogen and oxygen atoms in total. The van der Waals surface area contributed by atoms with Crippen LogP contribution < -0.4 is 5.32 Å². The first kappa shape index (κ1) is 12.4. The van der Waals surface area contributed by atoms with E-state index in [1.54, 1.807) is 0 Å². The van der Waals surface area contributed by atoms with E-state index in [0.29, 0.717) is 0 Å². The van der Waals surface area contributed by atoms with Crippen LogP contribution in [0.5, 0.6) is 0 Å². The Bertz CT molecular complexity index is 197. The minimum Gasteiger partial charge on any atom is -0.316 e. The van der Waals surface area contributed by atoms with Crippen molar-refractivity contribution < 1.29 is 0 Å². The number of nitrogens with one attached hydrogen (secondary N) is 1. The topological polar surface area (TPSA) is 15.3 Å². The third kappa shape index (κ3) is 2.98. The van der Waals surface area contributed by atoms with E-state index in [2.05, 4.69) is 24.2 Å². The predicted octanol–water partition coefficient (Wildman–Crippen LogP) is 2.64. The molecular formula is C14H28N2. The molecule has 0 amide bonds. The molecule has 1 aliphatic heterocycles. The molecular weight excluding hydrogens is 196 g/mol. The lowest BCUT2D eigenvalue weighted by atomic mass is 9.92. The fraction of sp³-hybridized carbons (Fsp3) is 1.00. The highest BCUT2D eigenvalue weighted by atomic mass is 15.2. The molecule has 16 heavy (non-hydrogen) atoms. The zero-order valence-electron chi connectivity index (χ0n) is 11.0. The van der Waals surface area contributed by atoms with Crippen LogP contribution in [0, 0.1) is 5.92 Å². The molecule has 2 rings (SSSR count). The molecule has 0 spiro atoms. The molecule has 0 aromatic heterocycles. The summed E-state index contributed by atoms with van der Waals surface area (Å²) in [7, 11) is 2.38. The third-order valence-corrected chi connectivity index (χ3v) is 4.66. The summed E-state index contributed by atoms with van der Waals surface area (Å²) in [5.41, 5.74) is 0. The standard InChI is InChI=1S/C14H28N2/c1-12-11-15-10-9-14(12)16(2)13-7-5-3-4-6-8-13/h12-15H,3-11H2,1-2H3. The fourth-order valence-electron chi connectivity index (χ4n) is 3.54. The maximum absolute atomic E-state index is 3.51. The molecule has 2 atom stereocenters. The van der Waals surface area contributed by atoms with Crippen LogP contribution in [0.4, 0.5) is 0 Å². The first-order valence-electron chi connectivity index (χ1n) is 7.21. The predicted molar refractivity (Wildman–Crippen MR) is 69.7 cm³/mol. The van der Waals surface area contributed by atoms with E-state index < -0.39 is 0 Å². The molecule has 2 fully saturated rings. The Labute approximate surface area is 101 Å². The van der Waals surface area contributed by atoms with E-state index in [4.69, 9.17) is 0 Å². The van der Waals surface area contributed by atoms with Crippen LogP contribution >= 0.6 is 0 Å². The van der Waals surface area contributed by atoms with Crippen LogP contribution in [-0.4, -0.2) is 37.1 Å². The van der Waals surface area contributed by atoms with Crippen molar-refractivity contribution in [2.75, 3.05) is 20.1 Å². The average Bonchev–Trinajstić information content (AvgIpc) is 2.57. The average molecular weight is 224 g/mol. The van der Waals surface area contributed by atoms with Crippen LogP contribution in [0.3, 0.4) is 0 Å².